The predicted octanol–water partition coefficient (Wildman–Crippen LogP) is 3.35. The molecule has 0 bridgehead atoms. The third-order valence-electron chi connectivity index (χ3n) is 4.86. The summed E-state index contributed by atoms with van der Waals surface area (Å²) in [5, 5.41) is 30.6. The Hall–Kier alpha value is -4.66. The molecule has 0 aliphatic rings. The summed E-state index contributed by atoms with van der Waals surface area (Å²) in [6.07, 6.45) is -5.08. The number of aliphatic carboxylic acids is 1. The first-order valence-electron chi connectivity index (χ1n) is 10.7. The summed E-state index contributed by atoms with van der Waals surface area (Å²) in [6.45, 7) is 1.91. The molecule has 0 fully saturated rings. The van der Waals surface area contributed by atoms with Gasteiger partial charge in [-0.25, -0.2) is 19.7 Å². The molecule has 0 atom stereocenters. The Bertz CT molecular complexity index is 1470. The van der Waals surface area contributed by atoms with Gasteiger partial charge in [-0.1, -0.05) is 0 Å². The number of aryl methyl sites for hydroxylation is 1. The van der Waals surface area contributed by atoms with Crippen LogP contribution in [0.1, 0.15) is 5.69 Å². The van der Waals surface area contributed by atoms with E-state index in [4.69, 9.17) is 29.2 Å². The van der Waals surface area contributed by atoms with Crippen LogP contribution in [0.25, 0.3) is 21.8 Å². The summed E-state index contributed by atoms with van der Waals surface area (Å²) < 4.78 is 47.8. The molecule has 38 heavy (non-hydrogen) atoms. The molecule has 15 heteroatoms. The molecule has 2 aromatic carbocycles. The molecule has 0 amide bonds. The van der Waals surface area contributed by atoms with Crippen molar-refractivity contribution in [3.8, 4) is 23.1 Å². The zero-order valence-electron chi connectivity index (χ0n) is 20.2. The number of rotatable bonds is 7. The Kier molecular flexibility index (Phi) is 8.52. The van der Waals surface area contributed by atoms with E-state index in [0.717, 1.165) is 11.1 Å². The Labute approximate surface area is 212 Å². The maximum Gasteiger partial charge on any atom is 0.490 e. The van der Waals surface area contributed by atoms with E-state index in [9.17, 15) is 18.3 Å². The maximum absolute atomic E-state index is 10.6. The number of halogens is 3. The minimum Gasteiger partial charge on any atom is -0.493 e. The number of aliphatic hydroxyl groups is 1. The van der Waals surface area contributed by atoms with Crippen LogP contribution in [0.15, 0.2) is 30.3 Å². The number of aliphatic hydroxyl groups excluding tert-OH is 1. The van der Waals surface area contributed by atoms with Crippen molar-refractivity contribution in [2.24, 2.45) is 0 Å². The summed E-state index contributed by atoms with van der Waals surface area (Å²) in [5.41, 5.74) is 1.89. The summed E-state index contributed by atoms with van der Waals surface area (Å²) in [7, 11) is 3.13. The van der Waals surface area contributed by atoms with Crippen molar-refractivity contribution in [2.45, 2.75) is 13.1 Å². The molecule has 0 unspecified atom stereocenters. The van der Waals surface area contributed by atoms with Crippen LogP contribution >= 0.6 is 0 Å². The molecule has 0 aliphatic carbocycles. The number of carbonyl (C=O) groups is 1. The molecule has 4 aromatic rings. The van der Waals surface area contributed by atoms with Gasteiger partial charge in [-0.3, -0.25) is 5.32 Å². The fraction of sp³-hybridized carbons (Fsp3) is 0.261. The maximum atomic E-state index is 10.6. The molecule has 2 aromatic heterocycles. The molecule has 4 rings (SSSR count). The SMILES string of the molecule is COc1cc2nc(Nc3nc(O)c4cc(OCCO)ccc4n3)nc(C)c2cc1OC.O=C(O)C(F)(F)F. The van der Waals surface area contributed by atoms with E-state index < -0.39 is 12.1 Å². The van der Waals surface area contributed by atoms with Crippen LogP contribution in [0.5, 0.6) is 23.1 Å². The number of carboxylic acids is 1. The Morgan fingerprint density at radius 3 is 2.16 bits per heavy atom. The number of hydrogen-bond donors (Lipinski definition) is 4. The van der Waals surface area contributed by atoms with E-state index in [1.54, 1.807) is 38.5 Å². The number of alkyl halides is 3. The Morgan fingerprint density at radius 2 is 1.55 bits per heavy atom. The van der Waals surface area contributed by atoms with Crippen molar-refractivity contribution < 1.29 is 47.5 Å². The van der Waals surface area contributed by atoms with Gasteiger partial charge < -0.3 is 29.5 Å². The van der Waals surface area contributed by atoms with E-state index in [-0.39, 0.29) is 31.0 Å². The quantitative estimate of drug-likeness (QED) is 0.272. The largest absolute Gasteiger partial charge is 0.493 e. The first kappa shape index (κ1) is 27.9. The number of methoxy groups -OCH3 is 2. The van der Waals surface area contributed by atoms with Gasteiger partial charge in [0.2, 0.25) is 17.8 Å². The standard InChI is InChI=1S/C21H21N5O5.C2HF3O2/c1-11-13-9-17(29-2)18(30-3)10-16(13)24-20(22-11)26-21-23-15-5-4-12(31-7-6-27)8-14(15)19(28)25-21;3-2(4,5)1(6)7/h4-5,8-10,27H,6-7H2,1-3H3,(H2,22,23,24,25,26,28);(H,6,7). The van der Waals surface area contributed by atoms with E-state index in [1.807, 2.05) is 13.0 Å². The third-order valence-corrected chi connectivity index (χ3v) is 4.86. The molecule has 0 saturated heterocycles. The van der Waals surface area contributed by atoms with E-state index in [1.165, 1.54) is 0 Å². The van der Waals surface area contributed by atoms with Crippen molar-refractivity contribution in [1.29, 1.82) is 0 Å². The smallest absolute Gasteiger partial charge is 0.490 e. The topological polar surface area (TPSA) is 169 Å². The number of carboxylic acid groups (broad SMARTS) is 1. The zero-order chi connectivity index (χ0) is 28.0. The van der Waals surface area contributed by atoms with Gasteiger partial charge in [-0.2, -0.15) is 18.2 Å². The van der Waals surface area contributed by atoms with Crippen LogP contribution in [0, 0.1) is 6.92 Å². The highest BCUT2D eigenvalue weighted by molar-refractivity contribution is 5.87. The van der Waals surface area contributed by atoms with Gasteiger partial charge in [0, 0.05) is 11.5 Å². The molecule has 202 valence electrons. The van der Waals surface area contributed by atoms with Crippen molar-refractivity contribution in [3.05, 3.63) is 36.0 Å². The van der Waals surface area contributed by atoms with Gasteiger partial charge in [0.15, 0.2) is 11.5 Å². The summed E-state index contributed by atoms with van der Waals surface area (Å²) >= 11 is 0. The first-order chi connectivity index (χ1) is 18.0. The fourth-order valence-corrected chi connectivity index (χ4v) is 3.17. The van der Waals surface area contributed by atoms with Crippen molar-refractivity contribution in [1.82, 2.24) is 19.9 Å². The second-order valence-corrected chi connectivity index (χ2v) is 7.41. The van der Waals surface area contributed by atoms with Crippen LogP contribution in [-0.4, -0.2) is 74.8 Å². The minimum absolute atomic E-state index is 0.104. The average Bonchev–Trinajstić information content (AvgIpc) is 2.86. The molecule has 0 aliphatic heterocycles. The monoisotopic (exact) mass is 537 g/mol. The second kappa shape index (κ2) is 11.6. The number of aromatic hydroxyl groups is 1. The van der Waals surface area contributed by atoms with Crippen molar-refractivity contribution in [3.63, 3.8) is 0 Å². The zero-order valence-corrected chi connectivity index (χ0v) is 20.2. The van der Waals surface area contributed by atoms with Gasteiger partial charge >= 0.3 is 12.1 Å². The van der Waals surface area contributed by atoms with Gasteiger partial charge in [-0.15, -0.1) is 0 Å². The summed E-state index contributed by atoms with van der Waals surface area (Å²) in [4.78, 5) is 26.4. The van der Waals surface area contributed by atoms with Crippen LogP contribution in [-0.2, 0) is 4.79 Å². The highest BCUT2D eigenvalue weighted by Crippen LogP contribution is 2.33. The molecule has 4 N–H and O–H groups in total. The normalized spacial score (nSPS) is 11.0. The Morgan fingerprint density at radius 1 is 0.947 bits per heavy atom. The van der Waals surface area contributed by atoms with Crippen LogP contribution in [0.3, 0.4) is 0 Å². The second-order valence-electron chi connectivity index (χ2n) is 7.41. The lowest BCUT2D eigenvalue weighted by atomic mass is 10.1. The van der Waals surface area contributed by atoms with Crippen molar-refractivity contribution in [2.75, 3.05) is 32.8 Å². The predicted molar refractivity (Wildman–Crippen MR) is 128 cm³/mol. The van der Waals surface area contributed by atoms with E-state index in [0.29, 0.717) is 33.7 Å². The molecule has 2 heterocycles. The number of hydrogen-bond acceptors (Lipinski definition) is 11. The van der Waals surface area contributed by atoms with Crippen molar-refractivity contribution >= 4 is 39.7 Å². The fourth-order valence-electron chi connectivity index (χ4n) is 3.17. The van der Waals surface area contributed by atoms with Crippen LogP contribution in [0.4, 0.5) is 25.1 Å². The molecular weight excluding hydrogens is 515 g/mol. The van der Waals surface area contributed by atoms with Gasteiger partial charge in [0.1, 0.15) is 12.4 Å². The molecule has 12 nitrogen and oxygen atoms in total. The third kappa shape index (κ3) is 6.56. The number of benzene rings is 2. The van der Waals surface area contributed by atoms with Gasteiger partial charge in [0.25, 0.3) is 0 Å². The number of nitrogens with one attached hydrogen (secondary N) is 1. The lowest BCUT2D eigenvalue weighted by Gasteiger charge is -2.12. The lowest BCUT2D eigenvalue weighted by Crippen LogP contribution is -2.21. The number of aromatic nitrogens is 4. The summed E-state index contributed by atoms with van der Waals surface area (Å²) in [5.74, 6) is -0.907. The molecular formula is C23H22F3N5O7. The Balaban J connectivity index is 0.000000505. The van der Waals surface area contributed by atoms with Gasteiger partial charge in [-0.05, 0) is 31.2 Å². The van der Waals surface area contributed by atoms with E-state index >= 15 is 0 Å². The molecule has 0 radical (unpaired) electrons. The summed E-state index contributed by atoms with van der Waals surface area (Å²) in [6, 6.07) is 8.59. The highest BCUT2D eigenvalue weighted by atomic mass is 19.4. The highest BCUT2D eigenvalue weighted by Gasteiger charge is 2.38. The van der Waals surface area contributed by atoms with Crippen LogP contribution < -0.4 is 19.5 Å². The van der Waals surface area contributed by atoms with Crippen LogP contribution in [0.2, 0.25) is 0 Å². The number of nitrogens with zero attached hydrogens (tertiary/aromatic N) is 4. The molecule has 0 spiro atoms. The van der Waals surface area contributed by atoms with Gasteiger partial charge in [0.05, 0.1) is 42.9 Å². The first-order valence-corrected chi connectivity index (χ1v) is 10.7. The minimum atomic E-state index is -5.08. The average molecular weight is 537 g/mol. The lowest BCUT2D eigenvalue weighted by molar-refractivity contribution is -0.192. The number of anilines is 2. The van der Waals surface area contributed by atoms with E-state index in [2.05, 4.69) is 25.3 Å². The number of ether oxygens (including phenoxy) is 3. The molecule has 0 saturated carbocycles. The number of fused-ring (bicyclic) bond motifs is 2.